The Balaban J connectivity index is 1.41. The zero-order valence-electron chi connectivity index (χ0n) is 22.3. The van der Waals surface area contributed by atoms with Gasteiger partial charge in [-0.1, -0.05) is 62.4 Å². The normalized spacial score (nSPS) is 16.1. The smallest absolute Gasteiger partial charge is 0.196 e. The van der Waals surface area contributed by atoms with Crippen LogP contribution in [0.3, 0.4) is 0 Å². The van der Waals surface area contributed by atoms with Gasteiger partial charge in [0.2, 0.25) is 0 Å². The van der Waals surface area contributed by atoms with Crippen molar-refractivity contribution in [3.63, 3.8) is 0 Å². The first-order valence-corrected chi connectivity index (χ1v) is 14.4. The van der Waals surface area contributed by atoms with Crippen LogP contribution in [0.2, 0.25) is 0 Å². The predicted molar refractivity (Wildman–Crippen MR) is 165 cm³/mol. The largest absolute Gasteiger partial charge is 0.440 e. The summed E-state index contributed by atoms with van der Waals surface area (Å²) in [5, 5.41) is 2.45. The quantitative estimate of drug-likeness (QED) is 0.197. The van der Waals surface area contributed by atoms with Crippen LogP contribution in [-0.2, 0) is 4.74 Å². The number of benzene rings is 3. The first kappa shape index (κ1) is 25.4. The summed E-state index contributed by atoms with van der Waals surface area (Å²) in [6.45, 7) is 10.4. The van der Waals surface area contributed by atoms with E-state index in [1.807, 2.05) is 23.6 Å². The maximum absolute atomic E-state index is 6.61. The number of thiophene rings is 1. The SMILES string of the molecule is C=C1C=C(N2CCOCC2)Oc2c1cccc2-c1cccc2c1sc1ccc(/C(C=NCCCC)=C/N)cc12. The summed E-state index contributed by atoms with van der Waals surface area (Å²) >= 11 is 1.81. The zero-order chi connectivity index (χ0) is 26.8. The molecule has 0 bridgehead atoms. The molecule has 198 valence electrons. The zero-order valence-corrected chi connectivity index (χ0v) is 23.1. The third-order valence-corrected chi connectivity index (χ3v) is 8.58. The molecule has 1 fully saturated rings. The Kier molecular flexibility index (Phi) is 7.22. The van der Waals surface area contributed by atoms with Crippen molar-refractivity contribution >= 4 is 48.9 Å². The standard InChI is InChI=1S/C33H33N3O2S/c1-3-4-13-35-21-24(20-34)23-11-12-30-29(19-23)28-10-6-9-27(33(28)39-30)26-8-5-7-25-22(2)18-31(38-32(25)26)36-14-16-37-17-15-36/h5-12,18-21H,2-4,13-17,34H2,1H3/b24-20+,35-21?. The maximum atomic E-state index is 6.61. The number of ether oxygens (including phenoxy) is 2. The number of nitrogens with zero attached hydrogens (tertiary/aromatic N) is 2. The molecule has 2 N–H and O–H groups in total. The fraction of sp³-hybridized carbons (Fsp3) is 0.242. The van der Waals surface area contributed by atoms with Crippen molar-refractivity contribution < 1.29 is 9.47 Å². The third-order valence-electron chi connectivity index (χ3n) is 7.36. The number of fused-ring (bicyclic) bond motifs is 4. The molecule has 1 saturated heterocycles. The Morgan fingerprint density at radius 2 is 1.85 bits per heavy atom. The molecule has 6 heteroatoms. The molecular formula is C33H33N3O2S. The minimum Gasteiger partial charge on any atom is -0.440 e. The van der Waals surface area contributed by atoms with Crippen molar-refractivity contribution in [3.05, 3.63) is 90.5 Å². The third kappa shape index (κ3) is 4.86. The van der Waals surface area contributed by atoms with Gasteiger partial charge >= 0.3 is 0 Å². The summed E-state index contributed by atoms with van der Waals surface area (Å²) in [5.41, 5.74) is 12.3. The number of morpholine rings is 1. The van der Waals surface area contributed by atoms with E-state index in [1.165, 1.54) is 25.7 Å². The first-order valence-electron chi connectivity index (χ1n) is 13.6. The monoisotopic (exact) mass is 535 g/mol. The molecule has 2 aliphatic heterocycles. The highest BCUT2D eigenvalue weighted by atomic mass is 32.1. The molecule has 0 aliphatic carbocycles. The predicted octanol–water partition coefficient (Wildman–Crippen LogP) is 7.47. The van der Waals surface area contributed by atoms with E-state index in [2.05, 4.69) is 78.0 Å². The van der Waals surface area contributed by atoms with Crippen LogP contribution in [-0.4, -0.2) is 44.0 Å². The second-order valence-electron chi connectivity index (χ2n) is 9.90. The Morgan fingerprint density at radius 1 is 1.05 bits per heavy atom. The lowest BCUT2D eigenvalue weighted by Gasteiger charge is -2.33. The van der Waals surface area contributed by atoms with Crippen LogP contribution >= 0.6 is 11.3 Å². The van der Waals surface area contributed by atoms with Crippen molar-refractivity contribution in [3.8, 4) is 16.9 Å². The molecule has 4 aromatic rings. The highest BCUT2D eigenvalue weighted by Gasteiger charge is 2.25. The molecule has 3 aromatic carbocycles. The maximum Gasteiger partial charge on any atom is 0.196 e. The van der Waals surface area contributed by atoms with E-state index < -0.39 is 0 Å². The summed E-state index contributed by atoms with van der Waals surface area (Å²) in [5.74, 6) is 1.71. The van der Waals surface area contributed by atoms with E-state index in [4.69, 9.17) is 15.2 Å². The lowest BCUT2D eigenvalue weighted by molar-refractivity contribution is 0.0347. The molecule has 2 aliphatic rings. The summed E-state index contributed by atoms with van der Waals surface area (Å²) in [6, 6.07) is 19.4. The van der Waals surface area contributed by atoms with Crippen LogP contribution in [0.1, 0.15) is 30.9 Å². The van der Waals surface area contributed by atoms with Gasteiger partial charge in [0, 0.05) is 80.6 Å². The molecule has 0 unspecified atom stereocenters. The van der Waals surface area contributed by atoms with Gasteiger partial charge in [-0.3, -0.25) is 4.99 Å². The first-order chi connectivity index (χ1) is 19.2. The van der Waals surface area contributed by atoms with E-state index in [0.29, 0.717) is 13.2 Å². The van der Waals surface area contributed by atoms with E-state index in [9.17, 15) is 0 Å². The van der Waals surface area contributed by atoms with E-state index >= 15 is 0 Å². The Bertz CT molecular complexity index is 1640. The summed E-state index contributed by atoms with van der Waals surface area (Å²) in [4.78, 5) is 6.81. The van der Waals surface area contributed by atoms with Crippen molar-refractivity contribution in [2.45, 2.75) is 19.8 Å². The van der Waals surface area contributed by atoms with Crippen LogP contribution in [0, 0.1) is 0 Å². The lowest BCUT2D eigenvalue weighted by atomic mass is 9.95. The van der Waals surface area contributed by atoms with Gasteiger partial charge in [-0.25, -0.2) is 0 Å². The second kappa shape index (κ2) is 11.1. The van der Waals surface area contributed by atoms with Gasteiger partial charge < -0.3 is 20.1 Å². The minimum absolute atomic E-state index is 0.705. The van der Waals surface area contributed by atoms with Crippen molar-refractivity contribution in [1.29, 1.82) is 0 Å². The minimum atomic E-state index is 0.705. The average Bonchev–Trinajstić information content (AvgIpc) is 3.36. The van der Waals surface area contributed by atoms with Gasteiger partial charge in [0.1, 0.15) is 5.75 Å². The van der Waals surface area contributed by atoms with Crippen LogP contribution in [0.5, 0.6) is 5.75 Å². The van der Waals surface area contributed by atoms with E-state index in [0.717, 1.165) is 71.9 Å². The van der Waals surface area contributed by atoms with E-state index in [-0.39, 0.29) is 0 Å². The molecule has 0 saturated carbocycles. The molecule has 0 amide bonds. The molecular weight excluding hydrogens is 502 g/mol. The molecule has 6 rings (SSSR count). The fourth-order valence-electron chi connectivity index (χ4n) is 5.23. The number of rotatable bonds is 7. The Morgan fingerprint density at radius 3 is 2.67 bits per heavy atom. The molecule has 39 heavy (non-hydrogen) atoms. The molecule has 0 spiro atoms. The number of hydrogen-bond donors (Lipinski definition) is 1. The lowest BCUT2D eigenvalue weighted by Crippen LogP contribution is -2.37. The topological polar surface area (TPSA) is 60.1 Å². The van der Waals surface area contributed by atoms with Gasteiger partial charge in [0.05, 0.1) is 13.2 Å². The van der Waals surface area contributed by atoms with Gasteiger partial charge in [0.25, 0.3) is 0 Å². The number of nitrogens with two attached hydrogens (primary N) is 1. The highest BCUT2D eigenvalue weighted by Crippen LogP contribution is 2.46. The van der Waals surface area contributed by atoms with Crippen molar-refractivity contribution in [1.82, 2.24) is 4.90 Å². The van der Waals surface area contributed by atoms with Gasteiger partial charge in [0.15, 0.2) is 5.88 Å². The van der Waals surface area contributed by atoms with Gasteiger partial charge in [-0.05, 0) is 29.7 Å². The van der Waals surface area contributed by atoms with Gasteiger partial charge in [-0.15, -0.1) is 11.3 Å². The van der Waals surface area contributed by atoms with Crippen LogP contribution in [0.25, 0.3) is 42.4 Å². The molecule has 0 atom stereocenters. The van der Waals surface area contributed by atoms with Crippen LogP contribution in [0.4, 0.5) is 0 Å². The Labute approximate surface area is 233 Å². The number of unbranched alkanes of at least 4 members (excludes halogenated alkanes) is 1. The van der Waals surface area contributed by atoms with Gasteiger partial charge in [-0.2, -0.15) is 0 Å². The molecule has 3 heterocycles. The summed E-state index contributed by atoms with van der Waals surface area (Å²) in [7, 11) is 0. The summed E-state index contributed by atoms with van der Waals surface area (Å²) < 4.78 is 14.6. The number of allylic oxidation sites excluding steroid dienone is 3. The molecule has 0 radical (unpaired) electrons. The Hall–Kier alpha value is -3.87. The highest BCUT2D eigenvalue weighted by molar-refractivity contribution is 7.26. The number of aliphatic imine (C=N–C) groups is 1. The van der Waals surface area contributed by atoms with E-state index in [1.54, 1.807) is 6.20 Å². The van der Waals surface area contributed by atoms with Crippen LogP contribution < -0.4 is 10.5 Å². The summed E-state index contributed by atoms with van der Waals surface area (Å²) in [6.07, 6.45) is 7.80. The molecule has 1 aromatic heterocycles. The van der Waals surface area contributed by atoms with Crippen molar-refractivity contribution in [2.24, 2.45) is 10.7 Å². The number of para-hydroxylation sites is 1. The fourth-order valence-corrected chi connectivity index (χ4v) is 6.44. The van der Waals surface area contributed by atoms with Crippen LogP contribution in [0.15, 0.2) is 84.3 Å². The van der Waals surface area contributed by atoms with Crippen molar-refractivity contribution in [2.75, 3.05) is 32.8 Å². The number of hydrogen-bond acceptors (Lipinski definition) is 6. The molecule has 5 nitrogen and oxygen atoms in total. The average molecular weight is 536 g/mol. The second-order valence-corrected chi connectivity index (χ2v) is 10.9.